The molecule has 1 fully saturated rings. The summed E-state index contributed by atoms with van der Waals surface area (Å²) in [6, 6.07) is 8.09. The van der Waals surface area contributed by atoms with Crippen molar-refractivity contribution < 1.29 is 9.47 Å². The van der Waals surface area contributed by atoms with Gasteiger partial charge in [0.2, 0.25) is 0 Å². The van der Waals surface area contributed by atoms with Gasteiger partial charge < -0.3 is 25.4 Å². The van der Waals surface area contributed by atoms with E-state index in [0.717, 1.165) is 76.8 Å². The predicted octanol–water partition coefficient (Wildman–Crippen LogP) is 1.53. The van der Waals surface area contributed by atoms with E-state index < -0.39 is 0 Å². The summed E-state index contributed by atoms with van der Waals surface area (Å²) in [5.74, 6) is 1.40. The van der Waals surface area contributed by atoms with E-state index >= 15 is 0 Å². The molecular formula is C21H37N5O2. The fourth-order valence-corrected chi connectivity index (χ4v) is 3.10. The van der Waals surface area contributed by atoms with Crippen LogP contribution in [0.2, 0.25) is 0 Å². The highest BCUT2D eigenvalue weighted by Crippen LogP contribution is 2.13. The largest absolute Gasteiger partial charge is 0.492 e. The molecule has 0 aromatic heterocycles. The number of likely N-dealkylation sites (N-methyl/N-ethyl adjacent to an activating group) is 1. The fraction of sp³-hybridized carbons (Fsp3) is 0.667. The van der Waals surface area contributed by atoms with E-state index in [1.54, 1.807) is 0 Å². The Labute approximate surface area is 169 Å². The molecule has 0 amide bonds. The van der Waals surface area contributed by atoms with Crippen LogP contribution in [-0.2, 0) is 11.3 Å². The van der Waals surface area contributed by atoms with Crippen LogP contribution in [0.1, 0.15) is 25.8 Å². The maximum absolute atomic E-state index is 5.97. The van der Waals surface area contributed by atoms with E-state index in [-0.39, 0.29) is 0 Å². The summed E-state index contributed by atoms with van der Waals surface area (Å²) in [5.41, 5.74) is 7.09. The molecule has 0 bridgehead atoms. The van der Waals surface area contributed by atoms with Crippen molar-refractivity contribution in [2.45, 2.75) is 26.8 Å². The van der Waals surface area contributed by atoms with Gasteiger partial charge in [-0.3, -0.25) is 4.90 Å². The second-order valence-electron chi connectivity index (χ2n) is 6.96. The number of nitrogens with zero attached hydrogens (tertiary/aromatic N) is 3. The average Bonchev–Trinajstić information content (AvgIpc) is 2.74. The van der Waals surface area contributed by atoms with Crippen LogP contribution in [0.15, 0.2) is 29.3 Å². The number of nitrogens with two attached hydrogens (primary N) is 1. The molecule has 1 heterocycles. The number of hydrogen-bond donors (Lipinski definition) is 2. The van der Waals surface area contributed by atoms with Gasteiger partial charge >= 0.3 is 0 Å². The summed E-state index contributed by atoms with van der Waals surface area (Å²) in [4.78, 5) is 9.19. The van der Waals surface area contributed by atoms with Gasteiger partial charge in [0, 0.05) is 26.2 Å². The van der Waals surface area contributed by atoms with Gasteiger partial charge in [-0.2, -0.15) is 0 Å². The Morgan fingerprint density at radius 2 is 1.93 bits per heavy atom. The molecular weight excluding hydrogens is 354 g/mol. The molecule has 0 unspecified atom stereocenters. The first-order valence-corrected chi connectivity index (χ1v) is 10.5. The van der Waals surface area contributed by atoms with Gasteiger partial charge in [-0.05, 0) is 43.8 Å². The summed E-state index contributed by atoms with van der Waals surface area (Å²) >= 11 is 0. The molecule has 0 radical (unpaired) electrons. The van der Waals surface area contributed by atoms with Crippen molar-refractivity contribution in [2.75, 3.05) is 65.6 Å². The molecule has 7 heteroatoms. The summed E-state index contributed by atoms with van der Waals surface area (Å²) in [6.45, 7) is 14.3. The van der Waals surface area contributed by atoms with Gasteiger partial charge in [0.25, 0.3) is 0 Å². The van der Waals surface area contributed by atoms with Gasteiger partial charge in [-0.25, -0.2) is 4.99 Å². The monoisotopic (exact) mass is 391 g/mol. The third-order valence-electron chi connectivity index (χ3n) is 4.99. The van der Waals surface area contributed by atoms with Gasteiger partial charge in [0.1, 0.15) is 12.4 Å². The third-order valence-corrected chi connectivity index (χ3v) is 4.99. The first-order chi connectivity index (χ1) is 13.7. The van der Waals surface area contributed by atoms with Crippen LogP contribution in [0.3, 0.4) is 0 Å². The number of morpholine rings is 1. The third kappa shape index (κ3) is 8.91. The Kier molecular flexibility index (Phi) is 10.7. The molecule has 1 aliphatic rings. The van der Waals surface area contributed by atoms with Crippen LogP contribution in [-0.4, -0.2) is 81.4 Å². The van der Waals surface area contributed by atoms with Gasteiger partial charge in [-0.1, -0.05) is 26.0 Å². The highest BCUT2D eigenvalue weighted by atomic mass is 16.5. The topological polar surface area (TPSA) is 75.3 Å². The molecule has 2 rings (SSSR count). The Hall–Kier alpha value is -1.83. The zero-order chi connectivity index (χ0) is 20.0. The maximum atomic E-state index is 5.97. The molecule has 1 aromatic rings. The lowest BCUT2D eigenvalue weighted by molar-refractivity contribution is 0.0376. The van der Waals surface area contributed by atoms with E-state index in [0.29, 0.717) is 19.1 Å². The van der Waals surface area contributed by atoms with Crippen LogP contribution in [0.4, 0.5) is 0 Å². The smallest absolute Gasteiger partial charge is 0.188 e. The molecule has 28 heavy (non-hydrogen) atoms. The van der Waals surface area contributed by atoms with Crippen molar-refractivity contribution in [1.29, 1.82) is 0 Å². The van der Waals surface area contributed by atoms with E-state index in [2.05, 4.69) is 34.0 Å². The van der Waals surface area contributed by atoms with Crippen molar-refractivity contribution in [2.24, 2.45) is 10.7 Å². The number of guanidine groups is 1. The number of ether oxygens (including phenoxy) is 2. The summed E-state index contributed by atoms with van der Waals surface area (Å²) in [5, 5.41) is 3.19. The second kappa shape index (κ2) is 13.4. The molecule has 158 valence electrons. The first-order valence-electron chi connectivity index (χ1n) is 10.5. The quantitative estimate of drug-likeness (QED) is 0.320. The van der Waals surface area contributed by atoms with E-state index in [4.69, 9.17) is 15.2 Å². The molecule has 1 aromatic carbocycles. The molecule has 0 spiro atoms. The van der Waals surface area contributed by atoms with Gasteiger partial charge in [0.05, 0.1) is 19.8 Å². The van der Waals surface area contributed by atoms with Gasteiger partial charge in [-0.15, -0.1) is 0 Å². The minimum atomic E-state index is 0.501. The van der Waals surface area contributed by atoms with Crippen molar-refractivity contribution in [3.05, 3.63) is 29.8 Å². The van der Waals surface area contributed by atoms with Crippen molar-refractivity contribution in [3.8, 4) is 5.75 Å². The maximum Gasteiger partial charge on any atom is 0.188 e. The molecule has 3 N–H and O–H groups in total. The van der Waals surface area contributed by atoms with E-state index in [1.807, 2.05) is 24.3 Å². The number of hydrogen-bond acceptors (Lipinski definition) is 5. The molecule has 0 atom stereocenters. The summed E-state index contributed by atoms with van der Waals surface area (Å²) < 4.78 is 11.2. The minimum Gasteiger partial charge on any atom is -0.492 e. The predicted molar refractivity (Wildman–Crippen MR) is 115 cm³/mol. The lowest BCUT2D eigenvalue weighted by atomic mass is 10.2. The normalized spacial score (nSPS) is 15.8. The van der Waals surface area contributed by atoms with Crippen LogP contribution in [0.5, 0.6) is 5.75 Å². The SMILES string of the molecule is CCN(CC)CCOc1ccc(CN=C(N)NCCCN2CCOCC2)cc1. The van der Waals surface area contributed by atoms with E-state index in [1.165, 1.54) is 0 Å². The number of rotatable bonds is 12. The molecule has 0 aliphatic carbocycles. The molecule has 1 saturated heterocycles. The number of nitrogens with one attached hydrogen (secondary N) is 1. The van der Waals surface area contributed by atoms with Crippen LogP contribution in [0, 0.1) is 0 Å². The highest BCUT2D eigenvalue weighted by Gasteiger charge is 2.09. The van der Waals surface area contributed by atoms with Crippen LogP contribution < -0.4 is 15.8 Å². The fourth-order valence-electron chi connectivity index (χ4n) is 3.10. The average molecular weight is 392 g/mol. The van der Waals surface area contributed by atoms with Crippen LogP contribution >= 0.6 is 0 Å². The first kappa shape index (κ1) is 22.5. The van der Waals surface area contributed by atoms with Crippen molar-refractivity contribution >= 4 is 5.96 Å². The molecule has 7 nitrogen and oxygen atoms in total. The Morgan fingerprint density at radius 1 is 1.21 bits per heavy atom. The number of benzene rings is 1. The Bertz CT molecular complexity index is 554. The van der Waals surface area contributed by atoms with E-state index in [9.17, 15) is 0 Å². The minimum absolute atomic E-state index is 0.501. The zero-order valence-electron chi connectivity index (χ0n) is 17.5. The van der Waals surface area contributed by atoms with Gasteiger partial charge in [0.15, 0.2) is 5.96 Å². The van der Waals surface area contributed by atoms with Crippen molar-refractivity contribution in [3.63, 3.8) is 0 Å². The zero-order valence-corrected chi connectivity index (χ0v) is 17.5. The lowest BCUT2D eigenvalue weighted by Crippen LogP contribution is -2.39. The second-order valence-corrected chi connectivity index (χ2v) is 6.96. The Morgan fingerprint density at radius 3 is 2.61 bits per heavy atom. The standard InChI is InChI=1S/C21H37N5O2/c1-3-25(4-2)14-17-28-20-8-6-19(7-9-20)18-24-21(22)23-10-5-11-26-12-15-27-16-13-26/h6-9H,3-5,10-18H2,1-2H3,(H3,22,23,24). The Balaban J connectivity index is 1.61. The molecule has 1 aliphatic heterocycles. The van der Waals surface area contributed by atoms with Crippen molar-refractivity contribution in [1.82, 2.24) is 15.1 Å². The number of aliphatic imine (C=N–C) groups is 1. The summed E-state index contributed by atoms with van der Waals surface area (Å²) in [7, 11) is 0. The highest BCUT2D eigenvalue weighted by molar-refractivity contribution is 5.77. The van der Waals surface area contributed by atoms with Crippen LogP contribution in [0.25, 0.3) is 0 Å². The lowest BCUT2D eigenvalue weighted by Gasteiger charge is -2.26. The molecule has 0 saturated carbocycles. The summed E-state index contributed by atoms with van der Waals surface area (Å²) in [6.07, 6.45) is 1.05.